The molecule has 4 rings (SSSR count). The molecule has 98 valence electrons. The minimum Gasteiger partial charge on any atom is -0.339 e. The van der Waals surface area contributed by atoms with Gasteiger partial charge in [-0.25, -0.2) is 0 Å². The standard InChI is InChI=1S/C11H10F2O4S/c12-11(13)9(14-2-3-15-9)7-1-6-18-8(7)10(11)16-4-5-17-10/h1,6H,2-5H2. The first-order chi connectivity index (χ1) is 8.64. The Labute approximate surface area is 105 Å². The summed E-state index contributed by atoms with van der Waals surface area (Å²) in [5, 5.41) is 1.72. The lowest BCUT2D eigenvalue weighted by atomic mass is 10.1. The normalized spacial score (nSPS) is 30.3. The second kappa shape index (κ2) is 3.29. The van der Waals surface area contributed by atoms with Gasteiger partial charge in [-0.2, -0.15) is 8.78 Å². The van der Waals surface area contributed by atoms with Gasteiger partial charge in [-0.3, -0.25) is 0 Å². The highest BCUT2D eigenvalue weighted by Gasteiger charge is 2.81. The predicted octanol–water partition coefficient (Wildman–Crippen LogP) is 1.80. The van der Waals surface area contributed by atoms with E-state index in [0.717, 1.165) is 0 Å². The molecule has 0 aromatic carbocycles. The van der Waals surface area contributed by atoms with Crippen molar-refractivity contribution >= 4 is 11.3 Å². The lowest BCUT2D eigenvalue weighted by Gasteiger charge is -2.35. The van der Waals surface area contributed by atoms with Crippen LogP contribution in [0.2, 0.25) is 0 Å². The lowest BCUT2D eigenvalue weighted by molar-refractivity contribution is -0.387. The Bertz CT molecular complexity index is 448. The van der Waals surface area contributed by atoms with Crippen LogP contribution in [0.25, 0.3) is 0 Å². The van der Waals surface area contributed by atoms with Gasteiger partial charge >= 0.3 is 5.92 Å². The summed E-state index contributed by atoms with van der Waals surface area (Å²) in [5.41, 5.74) is 0.330. The molecule has 0 radical (unpaired) electrons. The lowest BCUT2D eigenvalue weighted by Crippen LogP contribution is -2.54. The van der Waals surface area contributed by atoms with Crippen molar-refractivity contribution in [3.63, 3.8) is 0 Å². The summed E-state index contributed by atoms with van der Waals surface area (Å²) >= 11 is 1.18. The molecule has 2 fully saturated rings. The van der Waals surface area contributed by atoms with Crippen molar-refractivity contribution in [1.82, 2.24) is 0 Å². The average Bonchev–Trinajstić information content (AvgIpc) is 3.10. The van der Waals surface area contributed by atoms with Crippen molar-refractivity contribution in [3.8, 4) is 0 Å². The van der Waals surface area contributed by atoms with Crippen molar-refractivity contribution in [2.75, 3.05) is 26.4 Å². The van der Waals surface area contributed by atoms with E-state index in [1.807, 2.05) is 0 Å². The number of thiophene rings is 1. The van der Waals surface area contributed by atoms with Gasteiger partial charge in [-0.15, -0.1) is 11.3 Å². The molecular formula is C11H10F2O4S. The zero-order valence-corrected chi connectivity index (χ0v) is 10.1. The van der Waals surface area contributed by atoms with Gasteiger partial charge in [0, 0.05) is 5.56 Å². The molecule has 0 atom stereocenters. The maximum atomic E-state index is 14.8. The SMILES string of the molecule is FC1(F)C2(OCCO2)c2ccsc2C12OCCO2. The molecule has 0 N–H and O–H groups in total. The Kier molecular flexibility index (Phi) is 2.05. The number of ether oxygens (including phenoxy) is 4. The first-order valence-corrected chi connectivity index (χ1v) is 6.54. The minimum atomic E-state index is -3.39. The van der Waals surface area contributed by atoms with Gasteiger partial charge in [0.2, 0.25) is 0 Å². The second-order valence-electron chi connectivity index (χ2n) is 4.36. The third-order valence-corrected chi connectivity index (χ3v) is 4.53. The van der Waals surface area contributed by atoms with Gasteiger partial charge < -0.3 is 18.9 Å². The van der Waals surface area contributed by atoms with Gasteiger partial charge in [0.05, 0.1) is 31.3 Å². The highest BCUT2D eigenvalue weighted by molar-refractivity contribution is 7.10. The van der Waals surface area contributed by atoms with Gasteiger partial charge in [0.15, 0.2) is 0 Å². The molecule has 0 saturated carbocycles. The van der Waals surface area contributed by atoms with Gasteiger partial charge in [0.25, 0.3) is 11.6 Å². The average molecular weight is 276 g/mol. The Hall–Kier alpha value is -0.600. The van der Waals surface area contributed by atoms with Crippen LogP contribution in [0, 0.1) is 0 Å². The van der Waals surface area contributed by atoms with Crippen LogP contribution in [0.4, 0.5) is 8.78 Å². The fraction of sp³-hybridized carbons (Fsp3) is 0.636. The predicted molar refractivity (Wildman–Crippen MR) is 56.4 cm³/mol. The van der Waals surface area contributed by atoms with Crippen LogP contribution in [-0.2, 0) is 30.5 Å². The van der Waals surface area contributed by atoms with E-state index < -0.39 is 17.5 Å². The van der Waals surface area contributed by atoms with E-state index >= 15 is 0 Å². The molecule has 4 nitrogen and oxygen atoms in total. The number of hydrogen-bond acceptors (Lipinski definition) is 5. The largest absolute Gasteiger partial charge is 0.363 e. The second-order valence-corrected chi connectivity index (χ2v) is 5.28. The highest BCUT2D eigenvalue weighted by Crippen LogP contribution is 2.65. The summed E-state index contributed by atoms with van der Waals surface area (Å²) in [5.74, 6) is -7.48. The third kappa shape index (κ3) is 0.969. The molecule has 1 aromatic rings. The molecule has 1 aromatic heterocycles. The Balaban J connectivity index is 1.98. The summed E-state index contributed by atoms with van der Waals surface area (Å²) < 4.78 is 50.7. The third-order valence-electron chi connectivity index (χ3n) is 3.53. The molecule has 1 aliphatic carbocycles. The van der Waals surface area contributed by atoms with E-state index in [4.69, 9.17) is 18.9 Å². The zero-order valence-electron chi connectivity index (χ0n) is 9.28. The molecular weight excluding hydrogens is 266 g/mol. The van der Waals surface area contributed by atoms with Crippen molar-refractivity contribution in [1.29, 1.82) is 0 Å². The summed E-state index contributed by atoms with van der Waals surface area (Å²) in [7, 11) is 0. The number of halogens is 2. The van der Waals surface area contributed by atoms with Gasteiger partial charge in [-0.1, -0.05) is 0 Å². The summed E-state index contributed by atoms with van der Waals surface area (Å²) in [6.45, 7) is 0.563. The Morgan fingerprint density at radius 2 is 1.50 bits per heavy atom. The monoisotopic (exact) mass is 276 g/mol. The Morgan fingerprint density at radius 3 is 2.11 bits per heavy atom. The fourth-order valence-electron chi connectivity index (χ4n) is 2.83. The van der Waals surface area contributed by atoms with Crippen molar-refractivity contribution in [3.05, 3.63) is 21.9 Å². The molecule has 2 saturated heterocycles. The molecule has 0 amide bonds. The topological polar surface area (TPSA) is 36.9 Å². The minimum absolute atomic E-state index is 0.140. The van der Waals surface area contributed by atoms with Crippen LogP contribution < -0.4 is 0 Å². The molecule has 0 bridgehead atoms. The quantitative estimate of drug-likeness (QED) is 0.724. The smallest absolute Gasteiger partial charge is 0.339 e. The van der Waals surface area contributed by atoms with Crippen molar-refractivity contribution in [2.45, 2.75) is 17.5 Å². The number of hydrogen-bond donors (Lipinski definition) is 0. The molecule has 2 aliphatic heterocycles. The van der Waals surface area contributed by atoms with Crippen LogP contribution in [0.15, 0.2) is 11.4 Å². The van der Waals surface area contributed by atoms with Crippen LogP contribution in [0.3, 0.4) is 0 Å². The molecule has 3 heterocycles. The first kappa shape index (κ1) is 11.2. The van der Waals surface area contributed by atoms with E-state index in [1.165, 1.54) is 11.3 Å². The first-order valence-electron chi connectivity index (χ1n) is 5.66. The van der Waals surface area contributed by atoms with E-state index in [2.05, 4.69) is 0 Å². The molecule has 7 heteroatoms. The van der Waals surface area contributed by atoms with Crippen LogP contribution >= 0.6 is 11.3 Å². The number of rotatable bonds is 0. The molecule has 2 spiro atoms. The zero-order chi connectivity index (χ0) is 12.4. The van der Waals surface area contributed by atoms with Crippen molar-refractivity contribution in [2.24, 2.45) is 0 Å². The molecule has 18 heavy (non-hydrogen) atoms. The van der Waals surface area contributed by atoms with Gasteiger partial charge in [0.1, 0.15) is 0 Å². The molecule has 3 aliphatic rings. The van der Waals surface area contributed by atoms with Crippen LogP contribution in [0.1, 0.15) is 10.4 Å². The number of alkyl halides is 2. The summed E-state index contributed by atoms with van der Waals surface area (Å²) in [6.07, 6.45) is 0. The highest BCUT2D eigenvalue weighted by atomic mass is 32.1. The summed E-state index contributed by atoms with van der Waals surface area (Å²) in [6, 6.07) is 1.60. The number of fused-ring (bicyclic) bond motifs is 3. The maximum absolute atomic E-state index is 14.8. The molecule has 0 unspecified atom stereocenters. The van der Waals surface area contributed by atoms with Gasteiger partial charge in [-0.05, 0) is 11.4 Å². The summed E-state index contributed by atoms with van der Waals surface area (Å²) in [4.78, 5) is 0.354. The van der Waals surface area contributed by atoms with E-state index in [0.29, 0.717) is 10.4 Å². The maximum Gasteiger partial charge on any atom is 0.363 e. The van der Waals surface area contributed by atoms with Crippen LogP contribution in [0.5, 0.6) is 0 Å². The van der Waals surface area contributed by atoms with Crippen molar-refractivity contribution < 1.29 is 27.7 Å². The van der Waals surface area contributed by atoms with Crippen LogP contribution in [-0.4, -0.2) is 32.4 Å². The van der Waals surface area contributed by atoms with E-state index in [1.54, 1.807) is 11.4 Å². The van der Waals surface area contributed by atoms with E-state index in [9.17, 15) is 8.78 Å². The fourth-order valence-corrected chi connectivity index (χ4v) is 3.90. The Morgan fingerprint density at radius 1 is 0.944 bits per heavy atom. The van der Waals surface area contributed by atoms with E-state index in [-0.39, 0.29) is 26.4 Å².